The third-order valence-electron chi connectivity index (χ3n) is 3.98. The molecule has 0 aliphatic heterocycles. The Kier molecular flexibility index (Phi) is 5.35. The minimum Gasteiger partial charge on any atom is -0.350 e. The van der Waals surface area contributed by atoms with Crippen LogP contribution in [0.5, 0.6) is 0 Å². The van der Waals surface area contributed by atoms with Crippen molar-refractivity contribution < 1.29 is 9.18 Å². The molecule has 0 radical (unpaired) electrons. The quantitative estimate of drug-likeness (QED) is 0.766. The third-order valence-corrected chi connectivity index (χ3v) is 3.98. The summed E-state index contributed by atoms with van der Waals surface area (Å²) in [6.45, 7) is 0.332. The van der Waals surface area contributed by atoms with Crippen molar-refractivity contribution >= 4 is 5.91 Å². The van der Waals surface area contributed by atoms with Crippen LogP contribution in [0.2, 0.25) is 0 Å². The summed E-state index contributed by atoms with van der Waals surface area (Å²) in [4.78, 5) is 16.3. The molecule has 1 amide bonds. The number of amides is 1. The van der Waals surface area contributed by atoms with E-state index < -0.39 is 0 Å². The van der Waals surface area contributed by atoms with Gasteiger partial charge in [-0.3, -0.25) is 9.78 Å². The van der Waals surface area contributed by atoms with Gasteiger partial charge in [-0.05, 0) is 41.8 Å². The van der Waals surface area contributed by atoms with Crippen molar-refractivity contribution in [2.24, 2.45) is 0 Å². The van der Waals surface area contributed by atoms with E-state index >= 15 is 0 Å². The molecule has 0 fully saturated rings. The van der Waals surface area contributed by atoms with Gasteiger partial charge in [-0.1, -0.05) is 36.4 Å². The van der Waals surface area contributed by atoms with E-state index in [1.807, 2.05) is 12.1 Å². The number of hydrogen-bond donors (Lipinski definition) is 1. The Bertz CT molecular complexity index is 944. The SMILES string of the molecule is N#Cc1ccc(-c2ccc(C(=O)NCCc3ccccc3F)nc2)cc1. The highest BCUT2D eigenvalue weighted by Gasteiger charge is 2.08. The zero-order valence-corrected chi connectivity index (χ0v) is 13.9. The van der Waals surface area contributed by atoms with Gasteiger partial charge in [-0.15, -0.1) is 0 Å². The molecule has 0 aliphatic carbocycles. The lowest BCUT2D eigenvalue weighted by atomic mass is 10.1. The fourth-order valence-corrected chi connectivity index (χ4v) is 2.54. The van der Waals surface area contributed by atoms with Crippen molar-refractivity contribution in [1.82, 2.24) is 10.3 Å². The number of rotatable bonds is 5. The molecule has 3 aromatic rings. The highest BCUT2D eigenvalue weighted by atomic mass is 19.1. The van der Waals surface area contributed by atoms with Crippen molar-refractivity contribution in [2.45, 2.75) is 6.42 Å². The Morgan fingerprint density at radius 1 is 1.04 bits per heavy atom. The summed E-state index contributed by atoms with van der Waals surface area (Å²) < 4.78 is 13.5. The van der Waals surface area contributed by atoms with Crippen LogP contribution in [-0.2, 0) is 6.42 Å². The molecule has 0 unspecified atom stereocenters. The van der Waals surface area contributed by atoms with Crippen LogP contribution in [0.3, 0.4) is 0 Å². The Labute approximate surface area is 150 Å². The lowest BCUT2D eigenvalue weighted by Crippen LogP contribution is -2.26. The largest absolute Gasteiger partial charge is 0.350 e. The first-order chi connectivity index (χ1) is 12.7. The van der Waals surface area contributed by atoms with Gasteiger partial charge >= 0.3 is 0 Å². The van der Waals surface area contributed by atoms with Gasteiger partial charge in [-0.2, -0.15) is 5.26 Å². The maximum atomic E-state index is 13.5. The standard InChI is InChI=1S/C21H16FN3O/c22-19-4-2-1-3-17(19)11-12-24-21(26)20-10-9-18(14-25-20)16-7-5-15(13-23)6-8-16/h1-10,14H,11-12H2,(H,24,26). The van der Waals surface area contributed by atoms with Gasteiger partial charge in [0.2, 0.25) is 0 Å². The van der Waals surface area contributed by atoms with E-state index in [1.54, 1.807) is 48.7 Å². The number of benzene rings is 2. The molecule has 1 heterocycles. The molecule has 2 aromatic carbocycles. The molecule has 4 nitrogen and oxygen atoms in total. The topological polar surface area (TPSA) is 65.8 Å². The fourth-order valence-electron chi connectivity index (χ4n) is 2.54. The molecule has 1 aromatic heterocycles. The van der Waals surface area contributed by atoms with Gasteiger partial charge < -0.3 is 5.32 Å². The van der Waals surface area contributed by atoms with Gasteiger partial charge in [0.25, 0.3) is 5.91 Å². The number of carbonyl (C=O) groups is 1. The molecule has 0 aliphatic rings. The molecule has 0 bridgehead atoms. The summed E-state index contributed by atoms with van der Waals surface area (Å²) in [5.74, 6) is -0.570. The van der Waals surface area contributed by atoms with Gasteiger partial charge in [0, 0.05) is 18.3 Å². The van der Waals surface area contributed by atoms with Crippen molar-refractivity contribution in [1.29, 1.82) is 5.26 Å². The number of pyridine rings is 1. The van der Waals surface area contributed by atoms with Crippen LogP contribution in [0.1, 0.15) is 21.6 Å². The molecular weight excluding hydrogens is 329 g/mol. The molecule has 5 heteroatoms. The van der Waals surface area contributed by atoms with Crippen molar-refractivity contribution in [2.75, 3.05) is 6.54 Å². The van der Waals surface area contributed by atoms with Crippen LogP contribution in [0.4, 0.5) is 4.39 Å². The van der Waals surface area contributed by atoms with Gasteiger partial charge in [0.05, 0.1) is 11.6 Å². The van der Waals surface area contributed by atoms with E-state index in [2.05, 4.69) is 16.4 Å². The van der Waals surface area contributed by atoms with E-state index in [0.29, 0.717) is 29.8 Å². The molecule has 26 heavy (non-hydrogen) atoms. The molecule has 128 valence electrons. The number of nitrogens with zero attached hydrogens (tertiary/aromatic N) is 2. The molecule has 0 saturated carbocycles. The van der Waals surface area contributed by atoms with Crippen LogP contribution < -0.4 is 5.32 Å². The number of hydrogen-bond acceptors (Lipinski definition) is 3. The van der Waals surface area contributed by atoms with E-state index in [4.69, 9.17) is 5.26 Å². The molecular formula is C21H16FN3O. The molecule has 1 N–H and O–H groups in total. The number of nitrogens with one attached hydrogen (secondary N) is 1. The summed E-state index contributed by atoms with van der Waals surface area (Å²) in [6.07, 6.45) is 2.04. The lowest BCUT2D eigenvalue weighted by molar-refractivity contribution is 0.0949. The summed E-state index contributed by atoms with van der Waals surface area (Å²) in [6, 6.07) is 19.2. The van der Waals surface area contributed by atoms with E-state index in [-0.39, 0.29) is 11.7 Å². The number of nitriles is 1. The highest BCUT2D eigenvalue weighted by Crippen LogP contribution is 2.19. The van der Waals surface area contributed by atoms with Crippen LogP contribution in [-0.4, -0.2) is 17.4 Å². The minimum absolute atomic E-state index is 0.272. The second-order valence-electron chi connectivity index (χ2n) is 5.72. The van der Waals surface area contributed by atoms with E-state index in [1.165, 1.54) is 6.07 Å². The fraction of sp³-hybridized carbons (Fsp3) is 0.0952. The number of aromatic nitrogens is 1. The first kappa shape index (κ1) is 17.3. The average Bonchev–Trinajstić information content (AvgIpc) is 2.69. The summed E-state index contributed by atoms with van der Waals surface area (Å²) in [5.41, 5.74) is 3.24. The van der Waals surface area contributed by atoms with Crippen LogP contribution >= 0.6 is 0 Å². The second kappa shape index (κ2) is 8.04. The van der Waals surface area contributed by atoms with E-state index in [9.17, 15) is 9.18 Å². The Morgan fingerprint density at radius 3 is 2.42 bits per heavy atom. The Hall–Kier alpha value is -3.52. The predicted octanol–water partition coefficient (Wildman–Crippen LogP) is 3.73. The zero-order chi connectivity index (χ0) is 18.4. The van der Waals surface area contributed by atoms with Crippen molar-refractivity contribution in [3.63, 3.8) is 0 Å². The van der Waals surface area contributed by atoms with Crippen LogP contribution in [0, 0.1) is 17.1 Å². The molecule has 0 atom stereocenters. The number of halogens is 1. The maximum absolute atomic E-state index is 13.5. The Balaban J connectivity index is 1.60. The monoisotopic (exact) mass is 345 g/mol. The second-order valence-corrected chi connectivity index (χ2v) is 5.72. The molecule has 0 spiro atoms. The summed E-state index contributed by atoms with van der Waals surface area (Å²) in [7, 11) is 0. The molecule has 3 rings (SSSR count). The minimum atomic E-state index is -0.298. The first-order valence-electron chi connectivity index (χ1n) is 8.15. The van der Waals surface area contributed by atoms with E-state index in [0.717, 1.165) is 11.1 Å². The average molecular weight is 345 g/mol. The molecule has 0 saturated heterocycles. The third kappa shape index (κ3) is 4.11. The predicted molar refractivity (Wildman–Crippen MR) is 96.8 cm³/mol. The first-order valence-corrected chi connectivity index (χ1v) is 8.15. The van der Waals surface area contributed by atoms with Gasteiger partial charge in [0.15, 0.2) is 0 Å². The summed E-state index contributed by atoms with van der Waals surface area (Å²) in [5, 5.41) is 11.6. The van der Waals surface area contributed by atoms with Gasteiger partial charge in [0.1, 0.15) is 11.5 Å². The van der Waals surface area contributed by atoms with Crippen LogP contribution in [0.15, 0.2) is 66.9 Å². The Morgan fingerprint density at radius 2 is 1.77 bits per heavy atom. The smallest absolute Gasteiger partial charge is 0.269 e. The summed E-state index contributed by atoms with van der Waals surface area (Å²) >= 11 is 0. The highest BCUT2D eigenvalue weighted by molar-refractivity contribution is 5.92. The van der Waals surface area contributed by atoms with Crippen molar-refractivity contribution in [3.8, 4) is 17.2 Å². The number of carbonyl (C=O) groups excluding carboxylic acids is 1. The van der Waals surface area contributed by atoms with Crippen LogP contribution in [0.25, 0.3) is 11.1 Å². The van der Waals surface area contributed by atoms with Crippen molar-refractivity contribution in [3.05, 3.63) is 89.5 Å². The maximum Gasteiger partial charge on any atom is 0.269 e. The lowest BCUT2D eigenvalue weighted by Gasteiger charge is -2.07. The zero-order valence-electron chi connectivity index (χ0n) is 13.9. The van der Waals surface area contributed by atoms with Gasteiger partial charge in [-0.25, -0.2) is 4.39 Å². The normalized spacial score (nSPS) is 10.2.